The molecule has 4 fully saturated rings. The molecule has 19 heavy (non-hydrogen) atoms. The Morgan fingerprint density at radius 3 is 1.47 bits per heavy atom. The Balaban J connectivity index is 1.61. The van der Waals surface area contributed by atoms with Gasteiger partial charge >= 0.3 is 0 Å². The molecule has 0 spiro atoms. The Kier molecular flexibility index (Phi) is 3.15. The van der Waals surface area contributed by atoms with E-state index in [1.807, 2.05) is 0 Å². The van der Waals surface area contributed by atoms with E-state index in [0.717, 1.165) is 24.9 Å². The lowest BCUT2D eigenvalue weighted by Gasteiger charge is -2.58. The van der Waals surface area contributed by atoms with Crippen LogP contribution in [0.4, 0.5) is 0 Å². The summed E-state index contributed by atoms with van der Waals surface area (Å²) in [5, 5.41) is 5.51. The van der Waals surface area contributed by atoms with Crippen LogP contribution in [0, 0.1) is 0 Å². The van der Waals surface area contributed by atoms with E-state index in [4.69, 9.17) is 0 Å². The van der Waals surface area contributed by atoms with Crippen molar-refractivity contribution in [3.05, 3.63) is 0 Å². The van der Waals surface area contributed by atoms with Crippen LogP contribution in [-0.2, 0) is 4.79 Å². The quantitative estimate of drug-likeness (QED) is 0.726. The highest BCUT2D eigenvalue weighted by atomic mass is 16.1. The number of hydrogen-bond acceptors (Lipinski definition) is 3. The maximum Gasteiger partial charge on any atom is 0.136 e. The predicted molar refractivity (Wildman–Crippen MR) is 74.6 cm³/mol. The Hall–Kier alpha value is -0.410. The van der Waals surface area contributed by atoms with Crippen LogP contribution in [0.3, 0.4) is 0 Å². The molecule has 0 aromatic rings. The Labute approximate surface area is 116 Å². The van der Waals surface area contributed by atoms with Crippen LogP contribution < -0.4 is 0 Å². The molecule has 3 nitrogen and oxygen atoms in total. The van der Waals surface area contributed by atoms with Crippen molar-refractivity contribution in [3.63, 3.8) is 0 Å². The van der Waals surface area contributed by atoms with Gasteiger partial charge in [-0.2, -0.15) is 0 Å². The lowest BCUT2D eigenvalue weighted by Crippen LogP contribution is -2.67. The molecule has 4 heterocycles. The fraction of sp³-hybridized carbons (Fsp3) is 0.938. The number of nitrogens with zero attached hydrogens (tertiary/aromatic N) is 2. The third kappa shape index (κ3) is 2.06. The molecule has 0 amide bonds. The number of carbonyl (C=O) groups is 1. The van der Waals surface area contributed by atoms with Gasteiger partial charge in [-0.05, 0) is 38.5 Å². The normalized spacial score (nSPS) is 44.3. The molecule has 0 saturated carbocycles. The molecule has 2 atom stereocenters. The van der Waals surface area contributed by atoms with Crippen LogP contribution in [0.1, 0.15) is 70.6 Å². The van der Waals surface area contributed by atoms with Gasteiger partial charge in [-0.1, -0.05) is 19.3 Å². The standard InChI is InChI=1S/C16H26N2O/c19-16-10-14-8-3-9-15(11-16)18(14)17-12-4-1-5-13(17)7-2-6-12/h12-15H,1-11H2. The van der Waals surface area contributed by atoms with Crippen LogP contribution in [0.15, 0.2) is 0 Å². The minimum absolute atomic E-state index is 0.521. The molecule has 0 aromatic carbocycles. The smallest absolute Gasteiger partial charge is 0.136 e. The summed E-state index contributed by atoms with van der Waals surface area (Å²) in [6, 6.07) is 2.68. The maximum absolute atomic E-state index is 11.9. The largest absolute Gasteiger partial charge is 0.300 e. The lowest BCUT2D eigenvalue weighted by molar-refractivity contribution is -0.202. The molecule has 3 heteroatoms. The maximum atomic E-state index is 11.9. The Morgan fingerprint density at radius 1 is 0.632 bits per heavy atom. The molecule has 4 bridgehead atoms. The summed E-state index contributed by atoms with van der Waals surface area (Å²) >= 11 is 0. The Morgan fingerprint density at radius 2 is 1.00 bits per heavy atom. The van der Waals surface area contributed by atoms with Crippen molar-refractivity contribution in [1.29, 1.82) is 0 Å². The summed E-state index contributed by atoms with van der Waals surface area (Å²) in [7, 11) is 0. The minimum atomic E-state index is 0.521. The van der Waals surface area contributed by atoms with Crippen molar-refractivity contribution < 1.29 is 4.79 Å². The van der Waals surface area contributed by atoms with Gasteiger partial charge in [0.25, 0.3) is 0 Å². The van der Waals surface area contributed by atoms with Gasteiger partial charge in [-0.25, -0.2) is 10.0 Å². The number of fused-ring (bicyclic) bond motifs is 5. The number of hydrogen-bond donors (Lipinski definition) is 0. The van der Waals surface area contributed by atoms with Crippen LogP contribution in [0.5, 0.6) is 0 Å². The van der Waals surface area contributed by atoms with E-state index in [1.165, 1.54) is 57.8 Å². The zero-order valence-electron chi connectivity index (χ0n) is 11.9. The monoisotopic (exact) mass is 262 g/mol. The third-order valence-electron chi connectivity index (χ3n) is 5.91. The molecule has 0 radical (unpaired) electrons. The van der Waals surface area contributed by atoms with Gasteiger partial charge in [0.05, 0.1) is 0 Å². The first kappa shape index (κ1) is 12.3. The van der Waals surface area contributed by atoms with Gasteiger partial charge in [-0.3, -0.25) is 4.79 Å². The molecule has 4 aliphatic heterocycles. The summed E-state index contributed by atoms with van der Waals surface area (Å²) in [4.78, 5) is 11.9. The molecule has 0 aliphatic carbocycles. The third-order valence-corrected chi connectivity index (χ3v) is 5.91. The van der Waals surface area contributed by atoms with E-state index in [9.17, 15) is 4.79 Å². The van der Waals surface area contributed by atoms with E-state index in [2.05, 4.69) is 10.0 Å². The van der Waals surface area contributed by atoms with E-state index in [-0.39, 0.29) is 0 Å². The van der Waals surface area contributed by atoms with Crippen molar-refractivity contribution in [3.8, 4) is 0 Å². The first-order valence-electron chi connectivity index (χ1n) is 8.41. The summed E-state index contributed by atoms with van der Waals surface area (Å²) in [6.07, 6.45) is 13.9. The summed E-state index contributed by atoms with van der Waals surface area (Å²) in [5.41, 5.74) is 0. The van der Waals surface area contributed by atoms with Crippen molar-refractivity contribution in [2.75, 3.05) is 0 Å². The second-order valence-electron chi connectivity index (χ2n) is 7.11. The van der Waals surface area contributed by atoms with E-state index < -0.39 is 0 Å². The van der Waals surface area contributed by atoms with Crippen LogP contribution >= 0.6 is 0 Å². The van der Waals surface area contributed by atoms with Crippen LogP contribution in [0.2, 0.25) is 0 Å². The first-order valence-corrected chi connectivity index (χ1v) is 8.41. The summed E-state index contributed by atoms with van der Waals surface area (Å²) in [6.45, 7) is 0. The van der Waals surface area contributed by atoms with Crippen molar-refractivity contribution in [2.24, 2.45) is 0 Å². The molecule has 4 saturated heterocycles. The van der Waals surface area contributed by atoms with Crippen molar-refractivity contribution in [2.45, 2.75) is 94.8 Å². The highest BCUT2D eigenvalue weighted by Crippen LogP contribution is 2.41. The van der Waals surface area contributed by atoms with Gasteiger partial charge in [0.2, 0.25) is 0 Å². The molecule has 2 unspecified atom stereocenters. The highest BCUT2D eigenvalue weighted by molar-refractivity contribution is 5.80. The molecule has 0 aromatic heterocycles. The second-order valence-corrected chi connectivity index (χ2v) is 7.11. The molecule has 4 aliphatic rings. The van der Waals surface area contributed by atoms with Gasteiger partial charge in [0.15, 0.2) is 0 Å². The van der Waals surface area contributed by atoms with E-state index in [1.54, 1.807) is 0 Å². The van der Waals surface area contributed by atoms with E-state index in [0.29, 0.717) is 17.9 Å². The molecule has 4 rings (SSSR count). The summed E-state index contributed by atoms with van der Waals surface area (Å²) in [5.74, 6) is 0.521. The first-order chi connectivity index (χ1) is 9.33. The zero-order chi connectivity index (χ0) is 12.8. The summed E-state index contributed by atoms with van der Waals surface area (Å²) < 4.78 is 0. The van der Waals surface area contributed by atoms with Crippen LogP contribution in [-0.4, -0.2) is 40.0 Å². The predicted octanol–water partition coefficient (Wildman–Crippen LogP) is 2.89. The average Bonchev–Trinajstić information content (AvgIpc) is 2.36. The average molecular weight is 262 g/mol. The molecular weight excluding hydrogens is 236 g/mol. The van der Waals surface area contributed by atoms with E-state index >= 15 is 0 Å². The second kappa shape index (κ2) is 4.85. The van der Waals surface area contributed by atoms with Crippen molar-refractivity contribution >= 4 is 5.78 Å². The van der Waals surface area contributed by atoms with Crippen molar-refractivity contribution in [1.82, 2.24) is 10.0 Å². The van der Waals surface area contributed by atoms with Gasteiger partial charge in [-0.15, -0.1) is 0 Å². The number of hydrazine groups is 1. The number of carbonyl (C=O) groups excluding carboxylic acids is 1. The van der Waals surface area contributed by atoms with Gasteiger partial charge in [0, 0.05) is 37.0 Å². The number of rotatable bonds is 1. The number of Topliss-reactive ketones (excluding diaryl/α,β-unsaturated/α-hetero) is 1. The highest BCUT2D eigenvalue weighted by Gasteiger charge is 2.46. The fourth-order valence-corrected chi connectivity index (χ4v) is 5.20. The van der Waals surface area contributed by atoms with Crippen LogP contribution in [0.25, 0.3) is 0 Å². The zero-order valence-corrected chi connectivity index (χ0v) is 11.9. The molecular formula is C16H26N2O. The van der Waals surface area contributed by atoms with Gasteiger partial charge < -0.3 is 0 Å². The van der Waals surface area contributed by atoms with Gasteiger partial charge in [0.1, 0.15) is 5.78 Å². The molecule has 106 valence electrons. The topological polar surface area (TPSA) is 23.6 Å². The molecule has 0 N–H and O–H groups in total. The Bertz CT molecular complexity index is 332. The number of ketones is 1. The number of piperidine rings is 4. The minimum Gasteiger partial charge on any atom is -0.300 e. The lowest BCUT2D eigenvalue weighted by atomic mass is 9.82. The fourth-order valence-electron chi connectivity index (χ4n) is 5.20. The SMILES string of the molecule is O=C1CC2CCCC(C1)N2N1C2CCCC1CCC2.